The summed E-state index contributed by atoms with van der Waals surface area (Å²) in [5.74, 6) is 0. The summed E-state index contributed by atoms with van der Waals surface area (Å²) in [5, 5.41) is 16.7. The van der Waals surface area contributed by atoms with Crippen LogP contribution in [0.5, 0.6) is 0 Å². The number of ether oxygens (including phenoxy) is 1. The van der Waals surface area contributed by atoms with E-state index in [1.807, 2.05) is 11.6 Å². The second kappa shape index (κ2) is 6.14. The quantitative estimate of drug-likeness (QED) is 0.653. The Morgan fingerprint density at radius 1 is 1.53 bits per heavy atom. The van der Waals surface area contributed by atoms with Gasteiger partial charge in [-0.15, -0.1) is 5.10 Å². The van der Waals surface area contributed by atoms with Crippen LogP contribution in [0, 0.1) is 11.3 Å². The second-order valence-electron chi connectivity index (χ2n) is 3.24. The maximum absolute atomic E-state index is 8.62. The van der Waals surface area contributed by atoms with Crippen molar-refractivity contribution in [1.29, 1.82) is 5.26 Å². The lowest BCUT2D eigenvalue weighted by atomic mass is 10.2. The molecule has 0 aromatic carbocycles. The molecule has 0 spiro atoms. The molecule has 5 heteroatoms. The van der Waals surface area contributed by atoms with Crippen molar-refractivity contribution < 1.29 is 4.74 Å². The molecule has 0 amide bonds. The Labute approximate surface area is 89.7 Å². The number of aryl methyl sites for hydroxylation is 1. The van der Waals surface area contributed by atoms with Crippen LogP contribution in [0.15, 0.2) is 0 Å². The molecule has 0 fully saturated rings. The van der Waals surface area contributed by atoms with Gasteiger partial charge in [0.05, 0.1) is 23.9 Å². The van der Waals surface area contributed by atoms with Crippen LogP contribution in [0.1, 0.15) is 24.7 Å². The molecule has 0 aliphatic heterocycles. The van der Waals surface area contributed by atoms with E-state index in [1.54, 1.807) is 7.11 Å². The SMILES string of the molecule is CCc1c(CC#N)nnn1CCCOC. The van der Waals surface area contributed by atoms with Crippen LogP contribution >= 0.6 is 0 Å². The van der Waals surface area contributed by atoms with E-state index in [4.69, 9.17) is 10.00 Å². The van der Waals surface area contributed by atoms with Crippen molar-refractivity contribution in [2.75, 3.05) is 13.7 Å². The number of hydrogen-bond acceptors (Lipinski definition) is 4. The molecule has 0 saturated carbocycles. The van der Waals surface area contributed by atoms with E-state index in [1.165, 1.54) is 0 Å². The maximum Gasteiger partial charge on any atom is 0.0999 e. The van der Waals surface area contributed by atoms with Crippen molar-refractivity contribution in [2.45, 2.75) is 32.7 Å². The highest BCUT2D eigenvalue weighted by atomic mass is 16.5. The summed E-state index contributed by atoms with van der Waals surface area (Å²) in [5.41, 5.74) is 1.87. The summed E-state index contributed by atoms with van der Waals surface area (Å²) in [7, 11) is 1.68. The Kier molecular flexibility index (Phi) is 4.78. The Hall–Kier alpha value is -1.41. The third-order valence-corrected chi connectivity index (χ3v) is 2.22. The number of methoxy groups -OCH3 is 1. The largest absolute Gasteiger partial charge is 0.385 e. The predicted molar refractivity (Wildman–Crippen MR) is 55.2 cm³/mol. The molecule has 1 aromatic heterocycles. The lowest BCUT2D eigenvalue weighted by molar-refractivity contribution is 0.188. The number of hydrogen-bond donors (Lipinski definition) is 0. The van der Waals surface area contributed by atoms with E-state index >= 15 is 0 Å². The van der Waals surface area contributed by atoms with Gasteiger partial charge >= 0.3 is 0 Å². The maximum atomic E-state index is 8.62. The first-order chi connectivity index (χ1) is 7.33. The number of nitrogens with zero attached hydrogens (tertiary/aromatic N) is 4. The summed E-state index contributed by atoms with van der Waals surface area (Å²) in [4.78, 5) is 0. The van der Waals surface area contributed by atoms with Gasteiger partial charge in [-0.05, 0) is 12.8 Å². The number of rotatable bonds is 6. The van der Waals surface area contributed by atoms with Crippen molar-refractivity contribution in [3.63, 3.8) is 0 Å². The molecule has 0 atom stereocenters. The van der Waals surface area contributed by atoms with Gasteiger partial charge in [0.2, 0.25) is 0 Å². The minimum Gasteiger partial charge on any atom is -0.385 e. The van der Waals surface area contributed by atoms with Gasteiger partial charge in [-0.25, -0.2) is 4.68 Å². The summed E-state index contributed by atoms with van der Waals surface area (Å²) < 4.78 is 6.84. The number of aromatic nitrogens is 3. The fraction of sp³-hybridized carbons (Fsp3) is 0.700. The van der Waals surface area contributed by atoms with Gasteiger partial charge in [-0.2, -0.15) is 5.26 Å². The third kappa shape index (κ3) is 3.03. The van der Waals surface area contributed by atoms with E-state index < -0.39 is 0 Å². The normalized spacial score (nSPS) is 10.2. The topological polar surface area (TPSA) is 63.7 Å². The second-order valence-corrected chi connectivity index (χ2v) is 3.24. The average molecular weight is 208 g/mol. The first-order valence-corrected chi connectivity index (χ1v) is 5.10. The Morgan fingerprint density at radius 3 is 2.93 bits per heavy atom. The molecular formula is C10H16N4O. The molecule has 0 N–H and O–H groups in total. The zero-order chi connectivity index (χ0) is 11.1. The van der Waals surface area contributed by atoms with Crippen LogP contribution in [0.25, 0.3) is 0 Å². The van der Waals surface area contributed by atoms with Crippen molar-refractivity contribution in [1.82, 2.24) is 15.0 Å². The molecular weight excluding hydrogens is 192 g/mol. The molecule has 0 unspecified atom stereocenters. The van der Waals surface area contributed by atoms with Crippen molar-refractivity contribution >= 4 is 0 Å². The zero-order valence-electron chi connectivity index (χ0n) is 9.23. The Balaban J connectivity index is 2.67. The summed E-state index contributed by atoms with van der Waals surface area (Å²) in [6.45, 7) is 3.57. The molecule has 82 valence electrons. The van der Waals surface area contributed by atoms with Gasteiger partial charge in [0.15, 0.2) is 0 Å². The number of nitriles is 1. The fourth-order valence-electron chi connectivity index (χ4n) is 1.51. The van der Waals surface area contributed by atoms with Crippen LogP contribution < -0.4 is 0 Å². The first-order valence-electron chi connectivity index (χ1n) is 5.10. The van der Waals surface area contributed by atoms with Crippen LogP contribution in [-0.4, -0.2) is 28.7 Å². The zero-order valence-corrected chi connectivity index (χ0v) is 9.23. The van der Waals surface area contributed by atoms with Gasteiger partial charge < -0.3 is 4.74 Å². The molecule has 1 aromatic rings. The van der Waals surface area contributed by atoms with Crippen molar-refractivity contribution in [3.8, 4) is 6.07 Å². The summed E-state index contributed by atoms with van der Waals surface area (Å²) in [6.07, 6.45) is 2.11. The predicted octanol–water partition coefficient (Wildman–Crippen LogP) is 0.943. The lowest BCUT2D eigenvalue weighted by Gasteiger charge is -2.04. The molecule has 1 rings (SSSR count). The van der Waals surface area contributed by atoms with Crippen LogP contribution in [0.2, 0.25) is 0 Å². The Bertz CT molecular complexity index is 340. The highest BCUT2D eigenvalue weighted by Crippen LogP contribution is 2.07. The molecule has 5 nitrogen and oxygen atoms in total. The minimum absolute atomic E-state index is 0.341. The highest BCUT2D eigenvalue weighted by molar-refractivity contribution is 5.13. The summed E-state index contributed by atoms with van der Waals surface area (Å²) in [6, 6.07) is 2.10. The highest BCUT2D eigenvalue weighted by Gasteiger charge is 2.09. The van der Waals surface area contributed by atoms with Crippen LogP contribution in [0.3, 0.4) is 0 Å². The smallest absolute Gasteiger partial charge is 0.0999 e. The van der Waals surface area contributed by atoms with E-state index in [0.717, 1.165) is 37.4 Å². The molecule has 15 heavy (non-hydrogen) atoms. The molecule has 0 radical (unpaired) electrons. The minimum atomic E-state index is 0.341. The fourth-order valence-corrected chi connectivity index (χ4v) is 1.51. The van der Waals surface area contributed by atoms with E-state index in [9.17, 15) is 0 Å². The molecule has 1 heterocycles. The van der Waals surface area contributed by atoms with Crippen LogP contribution in [-0.2, 0) is 24.1 Å². The van der Waals surface area contributed by atoms with Gasteiger partial charge in [0, 0.05) is 20.3 Å². The first kappa shape index (κ1) is 11.7. The lowest BCUT2D eigenvalue weighted by Crippen LogP contribution is -2.07. The van der Waals surface area contributed by atoms with Crippen molar-refractivity contribution in [3.05, 3.63) is 11.4 Å². The monoisotopic (exact) mass is 208 g/mol. The van der Waals surface area contributed by atoms with Gasteiger partial charge in [-0.3, -0.25) is 0 Å². The molecule has 0 aliphatic rings. The molecule has 0 saturated heterocycles. The van der Waals surface area contributed by atoms with Crippen LogP contribution in [0.4, 0.5) is 0 Å². The average Bonchev–Trinajstić information content (AvgIpc) is 2.62. The van der Waals surface area contributed by atoms with E-state index in [0.29, 0.717) is 6.42 Å². The standard InChI is InChI=1S/C10H16N4O/c1-3-10-9(5-6-11)12-13-14(10)7-4-8-15-2/h3-5,7-8H2,1-2H3. The van der Waals surface area contributed by atoms with Crippen molar-refractivity contribution in [2.24, 2.45) is 0 Å². The van der Waals surface area contributed by atoms with E-state index in [-0.39, 0.29) is 0 Å². The molecule has 0 bridgehead atoms. The van der Waals surface area contributed by atoms with E-state index in [2.05, 4.69) is 16.4 Å². The van der Waals surface area contributed by atoms with Gasteiger partial charge in [0.25, 0.3) is 0 Å². The molecule has 0 aliphatic carbocycles. The van der Waals surface area contributed by atoms with Gasteiger partial charge in [-0.1, -0.05) is 12.1 Å². The summed E-state index contributed by atoms with van der Waals surface area (Å²) >= 11 is 0. The third-order valence-electron chi connectivity index (χ3n) is 2.22. The van der Waals surface area contributed by atoms with Gasteiger partial charge in [0.1, 0.15) is 0 Å². The Morgan fingerprint density at radius 2 is 2.33 bits per heavy atom.